The molecule has 0 aliphatic carbocycles. The zero-order chi connectivity index (χ0) is 16.9. The summed E-state index contributed by atoms with van der Waals surface area (Å²) < 4.78 is 13.0. The Bertz CT molecular complexity index is 856. The van der Waals surface area contributed by atoms with Crippen molar-refractivity contribution in [2.45, 2.75) is 19.4 Å². The lowest BCUT2D eigenvalue weighted by Crippen LogP contribution is -2.32. The number of rotatable bonds is 5. The molecule has 0 radical (unpaired) electrons. The summed E-state index contributed by atoms with van der Waals surface area (Å²) in [6, 6.07) is 4.88. The molecule has 6 nitrogen and oxygen atoms in total. The van der Waals surface area contributed by atoms with Crippen LogP contribution in [0.15, 0.2) is 42.9 Å². The number of aromatic nitrogens is 4. The van der Waals surface area contributed by atoms with Crippen LogP contribution in [0, 0.1) is 5.82 Å². The number of nitrogens with zero attached hydrogens (tertiary/aromatic N) is 3. The van der Waals surface area contributed by atoms with Crippen LogP contribution in [-0.2, 0) is 0 Å². The van der Waals surface area contributed by atoms with Crippen molar-refractivity contribution in [2.75, 3.05) is 0 Å². The fourth-order valence-corrected chi connectivity index (χ4v) is 2.23. The van der Waals surface area contributed by atoms with Gasteiger partial charge in [0.2, 0.25) is 0 Å². The molecule has 0 bridgehead atoms. The predicted molar refractivity (Wildman–Crippen MR) is 88.7 cm³/mol. The minimum absolute atomic E-state index is 0.101. The van der Waals surface area contributed by atoms with Crippen molar-refractivity contribution in [3.05, 3.63) is 60.1 Å². The molecule has 0 saturated carbocycles. The molecular formula is C17H16FN5O. The minimum Gasteiger partial charge on any atom is -0.347 e. The number of hydrogen-bond acceptors (Lipinski definition) is 4. The van der Waals surface area contributed by atoms with Crippen LogP contribution in [0.4, 0.5) is 4.39 Å². The van der Waals surface area contributed by atoms with Crippen LogP contribution >= 0.6 is 0 Å². The average molecular weight is 325 g/mol. The second kappa shape index (κ2) is 6.99. The van der Waals surface area contributed by atoms with Gasteiger partial charge in [0.15, 0.2) is 11.5 Å². The Morgan fingerprint density at radius 2 is 2.33 bits per heavy atom. The van der Waals surface area contributed by atoms with Gasteiger partial charge in [0.1, 0.15) is 5.82 Å². The average Bonchev–Trinajstić information content (AvgIpc) is 2.99. The first-order valence-corrected chi connectivity index (χ1v) is 7.50. The van der Waals surface area contributed by atoms with Gasteiger partial charge in [0.05, 0.1) is 11.7 Å². The van der Waals surface area contributed by atoms with E-state index in [0.717, 1.165) is 6.20 Å². The van der Waals surface area contributed by atoms with Gasteiger partial charge in [-0.1, -0.05) is 12.2 Å². The van der Waals surface area contributed by atoms with E-state index < -0.39 is 0 Å². The smallest absolute Gasteiger partial charge is 0.287 e. The monoisotopic (exact) mass is 325 g/mol. The fourth-order valence-electron chi connectivity index (χ4n) is 2.23. The molecule has 0 saturated heterocycles. The Kier molecular flexibility index (Phi) is 4.60. The van der Waals surface area contributed by atoms with Crippen molar-refractivity contribution in [1.29, 1.82) is 0 Å². The highest BCUT2D eigenvalue weighted by Gasteiger charge is 2.13. The van der Waals surface area contributed by atoms with E-state index in [9.17, 15) is 9.18 Å². The Labute approximate surface area is 137 Å². The zero-order valence-corrected chi connectivity index (χ0v) is 13.0. The van der Waals surface area contributed by atoms with E-state index in [4.69, 9.17) is 0 Å². The lowest BCUT2D eigenvalue weighted by molar-refractivity contribution is 0.0931. The summed E-state index contributed by atoms with van der Waals surface area (Å²) >= 11 is 0. The Morgan fingerprint density at radius 1 is 1.46 bits per heavy atom. The molecule has 0 spiro atoms. The van der Waals surface area contributed by atoms with Crippen LogP contribution in [0.2, 0.25) is 0 Å². The molecule has 0 aromatic carbocycles. The minimum atomic E-state index is -0.378. The maximum Gasteiger partial charge on any atom is 0.287 e. The molecule has 0 aliphatic heterocycles. The van der Waals surface area contributed by atoms with E-state index in [0.29, 0.717) is 23.1 Å². The molecule has 3 heterocycles. The largest absolute Gasteiger partial charge is 0.347 e. The summed E-state index contributed by atoms with van der Waals surface area (Å²) in [5.41, 5.74) is 1.90. The highest BCUT2D eigenvalue weighted by atomic mass is 19.1. The fraction of sp³-hybridized carbons (Fsp3) is 0.176. The summed E-state index contributed by atoms with van der Waals surface area (Å²) in [5.74, 6) is -0.438. The van der Waals surface area contributed by atoms with E-state index in [1.165, 1.54) is 6.07 Å². The molecule has 7 heteroatoms. The highest BCUT2D eigenvalue weighted by molar-refractivity contribution is 5.93. The van der Waals surface area contributed by atoms with Gasteiger partial charge in [0, 0.05) is 18.4 Å². The van der Waals surface area contributed by atoms with Gasteiger partial charge in [0.25, 0.3) is 5.91 Å². The summed E-state index contributed by atoms with van der Waals surface area (Å²) in [4.78, 5) is 27.1. The summed E-state index contributed by atoms with van der Waals surface area (Å²) in [6.07, 6.45) is 8.58. The molecule has 1 amide bonds. The SMILES string of the molecule is C[C@@H](C/C=C/c1cncc(F)c1)NC(=O)c1nc2ncccc2[nH]1. The van der Waals surface area contributed by atoms with Crippen LogP contribution in [0.25, 0.3) is 17.2 Å². The molecular weight excluding hydrogens is 309 g/mol. The summed E-state index contributed by atoms with van der Waals surface area (Å²) in [5, 5.41) is 2.85. The first-order chi connectivity index (χ1) is 11.6. The van der Waals surface area contributed by atoms with E-state index in [-0.39, 0.29) is 23.6 Å². The zero-order valence-electron chi connectivity index (χ0n) is 13.0. The van der Waals surface area contributed by atoms with Crippen molar-refractivity contribution in [3.8, 4) is 0 Å². The molecule has 3 rings (SSSR count). The lowest BCUT2D eigenvalue weighted by atomic mass is 10.2. The standard InChI is InChI=1S/C17H16FN5O/c1-11(4-2-5-12-8-13(18)10-19-9-12)21-17(24)16-22-14-6-3-7-20-15(14)23-16/h2-3,5-11H,4H2,1H3,(H,21,24)(H,20,22,23)/b5-2+/t11-/m0/s1. The number of fused-ring (bicyclic) bond motifs is 1. The molecule has 2 N–H and O–H groups in total. The van der Waals surface area contributed by atoms with E-state index in [2.05, 4.69) is 25.3 Å². The molecule has 122 valence electrons. The molecule has 0 aliphatic rings. The summed E-state index contributed by atoms with van der Waals surface area (Å²) in [7, 11) is 0. The van der Waals surface area contributed by atoms with Gasteiger partial charge >= 0.3 is 0 Å². The Hall–Kier alpha value is -3.09. The first kappa shape index (κ1) is 15.8. The van der Waals surface area contributed by atoms with Crippen LogP contribution in [0.1, 0.15) is 29.5 Å². The van der Waals surface area contributed by atoms with Gasteiger partial charge < -0.3 is 10.3 Å². The number of aromatic amines is 1. The number of nitrogens with one attached hydrogen (secondary N) is 2. The number of imidazole rings is 1. The number of hydrogen-bond donors (Lipinski definition) is 2. The molecule has 24 heavy (non-hydrogen) atoms. The van der Waals surface area contributed by atoms with Crippen molar-refractivity contribution in [2.24, 2.45) is 0 Å². The number of carbonyl (C=O) groups excluding carboxylic acids is 1. The van der Waals surface area contributed by atoms with Gasteiger partial charge in [-0.15, -0.1) is 0 Å². The molecule has 3 aromatic heterocycles. The van der Waals surface area contributed by atoms with Crippen molar-refractivity contribution in [3.63, 3.8) is 0 Å². The maximum absolute atomic E-state index is 13.0. The Balaban J connectivity index is 1.58. The number of halogens is 1. The van der Waals surface area contributed by atoms with Gasteiger partial charge in [-0.05, 0) is 37.1 Å². The molecule has 1 atom stereocenters. The van der Waals surface area contributed by atoms with E-state index >= 15 is 0 Å². The van der Waals surface area contributed by atoms with E-state index in [1.807, 2.05) is 19.1 Å². The topological polar surface area (TPSA) is 83.6 Å². The van der Waals surface area contributed by atoms with Crippen molar-refractivity contribution >= 4 is 23.1 Å². The highest BCUT2D eigenvalue weighted by Crippen LogP contribution is 2.08. The lowest BCUT2D eigenvalue weighted by Gasteiger charge is -2.10. The predicted octanol–water partition coefficient (Wildman–Crippen LogP) is 2.71. The summed E-state index contributed by atoms with van der Waals surface area (Å²) in [6.45, 7) is 1.88. The first-order valence-electron chi connectivity index (χ1n) is 7.50. The quantitative estimate of drug-likeness (QED) is 0.755. The third-order valence-electron chi connectivity index (χ3n) is 3.38. The van der Waals surface area contributed by atoms with Gasteiger partial charge in [-0.25, -0.2) is 14.4 Å². The number of carbonyl (C=O) groups is 1. The normalized spacial score (nSPS) is 12.6. The maximum atomic E-state index is 13.0. The molecule has 3 aromatic rings. The van der Waals surface area contributed by atoms with Gasteiger partial charge in [-0.3, -0.25) is 9.78 Å². The second-order valence-corrected chi connectivity index (χ2v) is 5.41. The molecule has 0 unspecified atom stereocenters. The number of pyridine rings is 2. The van der Waals surface area contributed by atoms with Crippen LogP contribution < -0.4 is 5.32 Å². The van der Waals surface area contributed by atoms with Gasteiger partial charge in [-0.2, -0.15) is 0 Å². The number of H-pyrrole nitrogens is 1. The van der Waals surface area contributed by atoms with Crippen LogP contribution in [-0.4, -0.2) is 31.9 Å². The Morgan fingerprint density at radius 3 is 3.12 bits per heavy atom. The van der Waals surface area contributed by atoms with Crippen molar-refractivity contribution < 1.29 is 9.18 Å². The van der Waals surface area contributed by atoms with Crippen molar-refractivity contribution in [1.82, 2.24) is 25.3 Å². The second-order valence-electron chi connectivity index (χ2n) is 5.41. The third-order valence-corrected chi connectivity index (χ3v) is 3.38. The van der Waals surface area contributed by atoms with Crippen LogP contribution in [0.3, 0.4) is 0 Å². The third kappa shape index (κ3) is 3.81. The van der Waals surface area contributed by atoms with Crippen LogP contribution in [0.5, 0.6) is 0 Å². The van der Waals surface area contributed by atoms with E-state index in [1.54, 1.807) is 24.5 Å². The molecule has 0 fully saturated rings. The number of amides is 1.